The Morgan fingerprint density at radius 1 is 0.435 bits per heavy atom. The first-order valence-corrected chi connectivity index (χ1v) is 33.0. The molecule has 0 radical (unpaired) electrons. The maximum Gasteiger partial charge on any atom is 0.255 e. The summed E-state index contributed by atoms with van der Waals surface area (Å²) in [6, 6.07) is 17.0. The third-order valence-corrected chi connectivity index (χ3v) is 22.3. The highest BCUT2D eigenvalue weighted by atomic mass is 35.5. The molecule has 3 amide bonds. The number of anilines is 3. The molecule has 0 atom stereocenters. The number of aryl methyl sites for hydroxylation is 3. The fourth-order valence-corrected chi connectivity index (χ4v) is 15.3. The van der Waals surface area contributed by atoms with Crippen LogP contribution >= 0.6 is 23.2 Å². The van der Waals surface area contributed by atoms with Crippen molar-refractivity contribution in [2.24, 2.45) is 0 Å². The van der Waals surface area contributed by atoms with E-state index in [1.807, 2.05) is 0 Å². The quantitative estimate of drug-likeness (QED) is 0.0374. The topological polar surface area (TPSA) is 301 Å². The van der Waals surface area contributed by atoms with Gasteiger partial charge < -0.3 is 41.5 Å². The van der Waals surface area contributed by atoms with E-state index in [4.69, 9.17) is 23.2 Å². The zero-order chi connectivity index (χ0) is 68.2. The van der Waals surface area contributed by atoms with Gasteiger partial charge in [0.25, 0.3) is 17.7 Å². The van der Waals surface area contributed by atoms with E-state index in [0.29, 0.717) is 41.7 Å². The molecule has 3 aliphatic rings. The summed E-state index contributed by atoms with van der Waals surface area (Å²) in [5, 5.41) is 54.7. The minimum atomic E-state index is -4.01. The minimum Gasteiger partial charge on any atom is -0.393 e. The molecule has 3 heterocycles. The van der Waals surface area contributed by atoms with Crippen molar-refractivity contribution in [2.45, 2.75) is 97.7 Å². The van der Waals surface area contributed by atoms with Crippen molar-refractivity contribution in [1.29, 1.82) is 0 Å². The number of halogens is 9. The van der Waals surface area contributed by atoms with Crippen LogP contribution in [0.4, 0.5) is 47.8 Å². The van der Waals surface area contributed by atoms with Crippen molar-refractivity contribution >= 4 is 88.1 Å². The summed E-state index contributed by atoms with van der Waals surface area (Å²) < 4.78 is 176. The molecular formula is C60H63Cl2F7N6O14S3. The van der Waals surface area contributed by atoms with Crippen LogP contribution in [-0.2, 0) is 30.1 Å². The molecule has 0 saturated carbocycles. The molecule has 0 spiro atoms. The van der Waals surface area contributed by atoms with Gasteiger partial charge in [-0.25, -0.2) is 56.0 Å². The molecule has 92 heavy (non-hydrogen) atoms. The van der Waals surface area contributed by atoms with Crippen LogP contribution in [0, 0.1) is 61.5 Å². The van der Waals surface area contributed by atoms with E-state index < -0.39 is 129 Å². The molecule has 9 rings (SSSR count). The number of rotatable bonds is 14. The number of hydrogen-bond acceptors (Lipinski definition) is 14. The van der Waals surface area contributed by atoms with Gasteiger partial charge in [0.1, 0.15) is 0 Å². The summed E-state index contributed by atoms with van der Waals surface area (Å²) in [4.78, 5) is 37.4. The van der Waals surface area contributed by atoms with Crippen molar-refractivity contribution in [3.63, 3.8) is 0 Å². The van der Waals surface area contributed by atoms with Crippen LogP contribution in [0.2, 0.25) is 10.0 Å². The van der Waals surface area contributed by atoms with Crippen LogP contribution in [0.1, 0.15) is 93.2 Å². The molecule has 0 unspecified atom stereocenters. The molecule has 3 aliphatic heterocycles. The Hall–Kier alpha value is -6.65. The molecular weight excluding hydrogens is 1330 g/mol. The Morgan fingerprint density at radius 2 is 0.685 bits per heavy atom. The fourth-order valence-electron chi connectivity index (χ4n) is 9.78. The largest absolute Gasteiger partial charge is 0.393 e. The number of piperidine rings is 3. The van der Waals surface area contributed by atoms with Crippen LogP contribution < -0.4 is 16.0 Å². The van der Waals surface area contributed by atoms with Crippen molar-refractivity contribution in [3.05, 3.63) is 175 Å². The minimum absolute atomic E-state index is 0.00565. The standard InChI is InChI=1S/C20H21ClF2N2O5S.C20H21ClF2N2O4S.C20H21F3N2O5S/c1-12-2-3-13(19(27)24-14-9-15(21)18(23)16(22)10-14)8-17(12)31(29,30)25-6-4-20(28,11-26)5-7-25;1-12-3-4-13(19(26)24-14-10-15(21)18(23)16(22)11-14)9-17(12)30(28,29)25-7-5-20(2,27)6-8-25;1-12-2-3-13(19(27)24-14-9-15(21)18(23)16(22)10-14)8-17(12)31(29,30)25-6-4-20(28,11-26)5-7-25/h2-3,8-10,26,28H,4-7,11H2,1H3,(H,24,27);3-4,9-11,27H,5-8H2,1-2H3,(H,24,26);2-3,8-10,26,28H,4-7,11H2,1H3,(H,24,27). The Morgan fingerprint density at radius 3 is 0.946 bits per heavy atom. The first kappa shape index (κ1) is 72.8. The third-order valence-electron chi connectivity index (χ3n) is 15.6. The maximum atomic E-state index is 13.5. The van der Waals surface area contributed by atoms with Gasteiger partial charge in [0.2, 0.25) is 30.1 Å². The number of benzene rings is 6. The van der Waals surface area contributed by atoms with Crippen molar-refractivity contribution < 1.29 is 95.9 Å². The first-order chi connectivity index (χ1) is 42.8. The predicted molar refractivity (Wildman–Crippen MR) is 325 cm³/mol. The van der Waals surface area contributed by atoms with Gasteiger partial charge >= 0.3 is 0 Å². The molecule has 6 aromatic rings. The number of nitrogens with zero attached hydrogens (tertiary/aromatic N) is 3. The average molecular weight is 1390 g/mol. The Balaban J connectivity index is 0.000000196. The second-order valence-electron chi connectivity index (χ2n) is 22.5. The van der Waals surface area contributed by atoms with Crippen molar-refractivity contribution in [2.75, 3.05) is 68.4 Å². The van der Waals surface area contributed by atoms with Gasteiger partial charge in [0.15, 0.2) is 40.7 Å². The van der Waals surface area contributed by atoms with E-state index in [1.54, 1.807) is 27.7 Å². The van der Waals surface area contributed by atoms with Gasteiger partial charge in [-0.1, -0.05) is 41.4 Å². The van der Waals surface area contributed by atoms with Gasteiger partial charge in [-0.2, -0.15) is 12.9 Å². The van der Waals surface area contributed by atoms with Gasteiger partial charge in [-0.05, 0) is 131 Å². The van der Waals surface area contributed by atoms with E-state index in [-0.39, 0.29) is 113 Å². The van der Waals surface area contributed by atoms with Crippen molar-refractivity contribution in [1.82, 2.24) is 12.9 Å². The van der Waals surface area contributed by atoms with E-state index in [0.717, 1.165) is 34.6 Å². The fraction of sp³-hybridized carbons (Fsp3) is 0.350. The molecule has 3 fully saturated rings. The molecule has 8 N–H and O–H groups in total. The Kier molecular flexibility index (Phi) is 22.9. The summed E-state index contributed by atoms with van der Waals surface area (Å²) in [7, 11) is -11.9. The summed E-state index contributed by atoms with van der Waals surface area (Å²) >= 11 is 11.2. The Labute approximate surface area is 535 Å². The third kappa shape index (κ3) is 17.0. The second kappa shape index (κ2) is 28.9. The molecule has 0 bridgehead atoms. The lowest BCUT2D eigenvalue weighted by Gasteiger charge is -2.36. The SMILES string of the molecule is Cc1ccc(C(=O)Nc2cc(F)c(F)c(Cl)c2)cc1S(=O)(=O)N1CCC(C)(O)CC1.Cc1ccc(C(=O)Nc2cc(F)c(F)c(Cl)c2)cc1S(=O)(=O)N1CCC(O)(CO)CC1.Cc1ccc(C(=O)Nc2cc(F)c(F)c(F)c2)cc1S(=O)(=O)N1CCC(O)(CO)CC1. The van der Waals surface area contributed by atoms with Crippen LogP contribution in [0.5, 0.6) is 0 Å². The van der Waals surface area contributed by atoms with E-state index >= 15 is 0 Å². The smallest absolute Gasteiger partial charge is 0.255 e. The zero-order valence-corrected chi connectivity index (χ0v) is 53.4. The zero-order valence-electron chi connectivity index (χ0n) is 49.4. The number of aliphatic hydroxyl groups is 5. The van der Waals surface area contributed by atoms with Crippen LogP contribution in [0.3, 0.4) is 0 Å². The van der Waals surface area contributed by atoms with E-state index in [1.165, 1.54) is 57.1 Å². The summed E-state index contributed by atoms with van der Waals surface area (Å²) in [5.74, 6) is -11.8. The highest BCUT2D eigenvalue weighted by Gasteiger charge is 2.40. The predicted octanol–water partition coefficient (Wildman–Crippen LogP) is 8.57. The molecule has 0 aromatic heterocycles. The normalized spacial score (nSPS) is 16.9. The molecule has 498 valence electrons. The second-order valence-corrected chi connectivity index (χ2v) is 29.1. The van der Waals surface area contributed by atoms with Crippen molar-refractivity contribution in [3.8, 4) is 0 Å². The number of hydrogen-bond donors (Lipinski definition) is 8. The molecule has 0 aliphatic carbocycles. The van der Waals surface area contributed by atoms with Gasteiger partial charge in [-0.3, -0.25) is 14.4 Å². The first-order valence-electron chi connectivity index (χ1n) is 27.9. The number of sulfonamides is 3. The van der Waals surface area contributed by atoms with E-state index in [2.05, 4.69) is 16.0 Å². The van der Waals surface area contributed by atoms with Gasteiger partial charge in [-0.15, -0.1) is 0 Å². The van der Waals surface area contributed by atoms with Gasteiger partial charge in [0, 0.05) is 97.3 Å². The van der Waals surface area contributed by atoms with Crippen LogP contribution in [0.25, 0.3) is 0 Å². The average Bonchev–Trinajstić information content (AvgIpc) is 0.798. The molecule has 6 aromatic carbocycles. The molecule has 32 heteroatoms. The molecule has 20 nitrogen and oxygen atoms in total. The number of carbonyl (C=O) groups excluding carboxylic acids is 3. The van der Waals surface area contributed by atoms with Crippen LogP contribution in [0.15, 0.2) is 106 Å². The Bertz CT molecular complexity index is 3920. The lowest BCUT2D eigenvalue weighted by molar-refractivity contribution is -0.0482. The number of nitrogens with one attached hydrogen (secondary N) is 3. The summed E-state index contributed by atoms with van der Waals surface area (Å²) in [5.41, 5.74) is -2.84. The lowest BCUT2D eigenvalue weighted by atomic mass is 9.94. The number of aliphatic hydroxyl groups excluding tert-OH is 2. The van der Waals surface area contributed by atoms with Crippen LogP contribution in [-0.4, -0.2) is 151 Å². The highest BCUT2D eigenvalue weighted by Crippen LogP contribution is 2.34. The number of amides is 3. The van der Waals surface area contributed by atoms with E-state index in [9.17, 15) is 95.9 Å². The maximum absolute atomic E-state index is 13.5. The number of carbonyl (C=O) groups is 3. The highest BCUT2D eigenvalue weighted by molar-refractivity contribution is 7.89. The summed E-state index contributed by atoms with van der Waals surface area (Å²) in [6.07, 6.45) is 0.898. The molecule has 3 saturated heterocycles. The summed E-state index contributed by atoms with van der Waals surface area (Å²) in [6.45, 7) is 5.82. The monoisotopic (exact) mass is 1390 g/mol. The lowest BCUT2D eigenvalue weighted by Crippen LogP contribution is -2.48. The van der Waals surface area contributed by atoms with Gasteiger partial charge in [0.05, 0.1) is 54.7 Å².